The smallest absolute Gasteiger partial charge is 0.320 e. The van der Waals surface area contributed by atoms with Gasteiger partial charge in [-0.05, 0) is 49.3 Å². The number of amides is 3. The Morgan fingerprint density at radius 2 is 1.55 bits per heavy atom. The van der Waals surface area contributed by atoms with Crippen molar-refractivity contribution in [2.24, 2.45) is 5.92 Å². The van der Waals surface area contributed by atoms with Gasteiger partial charge in [0.05, 0.1) is 5.92 Å². The van der Waals surface area contributed by atoms with Crippen molar-refractivity contribution in [3.63, 3.8) is 0 Å². The van der Waals surface area contributed by atoms with Crippen molar-refractivity contribution in [3.8, 4) is 0 Å². The second kappa shape index (κ2) is 9.12. The van der Waals surface area contributed by atoms with E-state index in [-0.39, 0.29) is 17.9 Å². The second-order valence-corrected chi connectivity index (χ2v) is 8.07. The zero-order chi connectivity index (χ0) is 20.1. The van der Waals surface area contributed by atoms with Gasteiger partial charge in [-0.3, -0.25) is 4.79 Å². The van der Waals surface area contributed by atoms with Crippen molar-refractivity contribution >= 4 is 17.6 Å². The van der Waals surface area contributed by atoms with Crippen LogP contribution in [0.25, 0.3) is 0 Å². The van der Waals surface area contributed by atoms with E-state index in [4.69, 9.17) is 0 Å². The van der Waals surface area contributed by atoms with Crippen LogP contribution in [0.5, 0.6) is 0 Å². The number of carbonyl (C=O) groups excluding carboxylic acids is 2. The van der Waals surface area contributed by atoms with Crippen molar-refractivity contribution < 1.29 is 9.59 Å². The Morgan fingerprint density at radius 1 is 0.862 bits per heavy atom. The Balaban J connectivity index is 1.40. The molecular formula is C24H29N3O2. The number of para-hydroxylation sites is 1. The predicted molar refractivity (Wildman–Crippen MR) is 115 cm³/mol. The number of urea groups is 1. The van der Waals surface area contributed by atoms with Gasteiger partial charge in [-0.1, -0.05) is 48.5 Å². The third kappa shape index (κ3) is 4.78. The minimum absolute atomic E-state index is 0.0180. The third-order valence-electron chi connectivity index (χ3n) is 5.95. The molecule has 2 fully saturated rings. The van der Waals surface area contributed by atoms with Crippen molar-refractivity contribution in [1.29, 1.82) is 0 Å². The number of carbonyl (C=O) groups is 2. The number of hydrogen-bond acceptors (Lipinski definition) is 2. The predicted octanol–water partition coefficient (Wildman–Crippen LogP) is 4.14. The molecule has 2 aliphatic rings. The lowest BCUT2D eigenvalue weighted by Crippen LogP contribution is -2.48. The number of piperidine rings is 1. The van der Waals surface area contributed by atoms with Crippen LogP contribution in [0.4, 0.5) is 10.5 Å². The summed E-state index contributed by atoms with van der Waals surface area (Å²) in [4.78, 5) is 29.5. The molecular weight excluding hydrogens is 362 g/mol. The van der Waals surface area contributed by atoms with E-state index in [1.54, 1.807) is 0 Å². The third-order valence-corrected chi connectivity index (χ3v) is 5.95. The number of benzene rings is 2. The SMILES string of the molecule is O=C(Nc1ccccc1Cc1ccccc1)C1CCCN(C(=O)N2CCCC2)C1. The fraction of sp³-hybridized carbons (Fsp3) is 0.417. The number of rotatable bonds is 4. The molecule has 1 N–H and O–H groups in total. The molecule has 3 amide bonds. The molecule has 2 aromatic rings. The van der Waals surface area contributed by atoms with Crippen LogP contribution < -0.4 is 5.32 Å². The van der Waals surface area contributed by atoms with Crippen LogP contribution in [-0.4, -0.2) is 47.9 Å². The molecule has 0 saturated carbocycles. The lowest BCUT2D eigenvalue weighted by Gasteiger charge is -2.34. The zero-order valence-electron chi connectivity index (χ0n) is 16.8. The number of nitrogens with one attached hydrogen (secondary N) is 1. The van der Waals surface area contributed by atoms with E-state index in [1.807, 2.05) is 46.2 Å². The molecule has 1 atom stereocenters. The summed E-state index contributed by atoms with van der Waals surface area (Å²) in [5, 5.41) is 3.14. The Hall–Kier alpha value is -2.82. The monoisotopic (exact) mass is 391 g/mol. The summed E-state index contributed by atoms with van der Waals surface area (Å²) >= 11 is 0. The van der Waals surface area contributed by atoms with Gasteiger partial charge in [0.15, 0.2) is 0 Å². The quantitative estimate of drug-likeness (QED) is 0.851. The van der Waals surface area contributed by atoms with Crippen LogP contribution >= 0.6 is 0 Å². The summed E-state index contributed by atoms with van der Waals surface area (Å²) in [5.41, 5.74) is 3.19. The van der Waals surface area contributed by atoms with E-state index >= 15 is 0 Å². The maximum absolute atomic E-state index is 13.0. The van der Waals surface area contributed by atoms with Gasteiger partial charge in [-0.25, -0.2) is 4.79 Å². The largest absolute Gasteiger partial charge is 0.326 e. The summed E-state index contributed by atoms with van der Waals surface area (Å²) in [6.45, 7) is 2.96. The van der Waals surface area contributed by atoms with Gasteiger partial charge < -0.3 is 15.1 Å². The molecule has 2 aromatic carbocycles. The molecule has 0 aliphatic carbocycles. The average Bonchev–Trinajstić information content (AvgIpc) is 3.30. The first-order valence-electron chi connectivity index (χ1n) is 10.7. The van der Waals surface area contributed by atoms with Gasteiger partial charge in [0.2, 0.25) is 5.91 Å². The molecule has 0 bridgehead atoms. The minimum atomic E-state index is -0.153. The lowest BCUT2D eigenvalue weighted by molar-refractivity contribution is -0.121. The standard InChI is InChI=1S/C24H29N3O2/c28-23(21-12-8-16-27(18-21)24(29)26-14-6-7-15-26)25-22-13-5-4-11-20(22)17-19-9-2-1-3-10-19/h1-5,9-11,13,21H,6-8,12,14-18H2,(H,25,28). The molecule has 5 nitrogen and oxygen atoms in total. The van der Waals surface area contributed by atoms with Crippen LogP contribution in [0, 0.1) is 5.92 Å². The average molecular weight is 392 g/mol. The van der Waals surface area contributed by atoms with Crippen molar-refractivity contribution in [2.75, 3.05) is 31.5 Å². The molecule has 5 heteroatoms. The molecule has 0 aromatic heterocycles. The van der Waals surface area contributed by atoms with Gasteiger partial charge in [-0.15, -0.1) is 0 Å². The Kier molecular flexibility index (Phi) is 6.13. The summed E-state index contributed by atoms with van der Waals surface area (Å²) < 4.78 is 0. The van der Waals surface area contributed by atoms with Crippen molar-refractivity contribution in [2.45, 2.75) is 32.1 Å². The molecule has 2 saturated heterocycles. The van der Waals surface area contributed by atoms with Crippen LogP contribution in [0.1, 0.15) is 36.8 Å². The Labute approximate surface area is 172 Å². The Bertz CT molecular complexity index is 846. The summed E-state index contributed by atoms with van der Waals surface area (Å²) in [6.07, 6.45) is 4.66. The zero-order valence-corrected chi connectivity index (χ0v) is 16.8. The van der Waals surface area contributed by atoms with Gasteiger partial charge in [0.25, 0.3) is 0 Å². The highest BCUT2D eigenvalue weighted by Gasteiger charge is 2.31. The second-order valence-electron chi connectivity index (χ2n) is 8.07. The summed E-state index contributed by atoms with van der Waals surface area (Å²) in [5.74, 6) is -0.135. The lowest BCUT2D eigenvalue weighted by atomic mass is 9.96. The molecule has 0 spiro atoms. The van der Waals surface area contributed by atoms with Crippen LogP contribution in [-0.2, 0) is 11.2 Å². The number of likely N-dealkylation sites (tertiary alicyclic amines) is 2. The molecule has 29 heavy (non-hydrogen) atoms. The van der Waals surface area contributed by atoms with E-state index < -0.39 is 0 Å². The summed E-state index contributed by atoms with van der Waals surface area (Å²) in [6, 6.07) is 18.4. The summed E-state index contributed by atoms with van der Waals surface area (Å²) in [7, 11) is 0. The number of anilines is 1. The van der Waals surface area contributed by atoms with E-state index in [0.717, 1.165) is 63.0 Å². The van der Waals surface area contributed by atoms with Crippen LogP contribution in [0.15, 0.2) is 54.6 Å². The highest BCUT2D eigenvalue weighted by molar-refractivity contribution is 5.94. The molecule has 2 aliphatic heterocycles. The Morgan fingerprint density at radius 3 is 2.34 bits per heavy atom. The van der Waals surface area contributed by atoms with Crippen molar-refractivity contribution in [1.82, 2.24) is 9.80 Å². The van der Waals surface area contributed by atoms with Gasteiger partial charge in [0.1, 0.15) is 0 Å². The molecule has 152 valence electrons. The fourth-order valence-corrected chi connectivity index (χ4v) is 4.32. The van der Waals surface area contributed by atoms with E-state index in [9.17, 15) is 9.59 Å². The van der Waals surface area contributed by atoms with Crippen molar-refractivity contribution in [3.05, 3.63) is 65.7 Å². The minimum Gasteiger partial charge on any atom is -0.326 e. The number of nitrogens with zero attached hydrogens (tertiary/aromatic N) is 2. The van der Waals surface area contributed by atoms with Crippen LogP contribution in [0.3, 0.4) is 0 Å². The first-order chi connectivity index (χ1) is 14.2. The van der Waals surface area contributed by atoms with E-state index in [2.05, 4.69) is 23.5 Å². The van der Waals surface area contributed by atoms with E-state index in [1.165, 1.54) is 5.56 Å². The molecule has 0 radical (unpaired) electrons. The van der Waals surface area contributed by atoms with Gasteiger partial charge in [-0.2, -0.15) is 0 Å². The molecule has 2 heterocycles. The molecule has 1 unspecified atom stereocenters. The van der Waals surface area contributed by atoms with Crippen LogP contribution in [0.2, 0.25) is 0 Å². The maximum Gasteiger partial charge on any atom is 0.320 e. The normalized spacial score (nSPS) is 19.2. The van der Waals surface area contributed by atoms with Gasteiger partial charge >= 0.3 is 6.03 Å². The first kappa shape index (κ1) is 19.5. The first-order valence-corrected chi connectivity index (χ1v) is 10.7. The highest BCUT2D eigenvalue weighted by atomic mass is 16.2. The van der Waals surface area contributed by atoms with Gasteiger partial charge in [0, 0.05) is 31.9 Å². The number of hydrogen-bond donors (Lipinski definition) is 1. The molecule has 4 rings (SSSR count). The van der Waals surface area contributed by atoms with E-state index in [0.29, 0.717) is 6.54 Å². The topological polar surface area (TPSA) is 52.7 Å². The maximum atomic E-state index is 13.0. The highest BCUT2D eigenvalue weighted by Crippen LogP contribution is 2.24. The fourth-order valence-electron chi connectivity index (χ4n) is 4.32.